The largest absolute Gasteiger partial charge is 0.367 e. The van der Waals surface area contributed by atoms with Gasteiger partial charge in [0.2, 0.25) is 0 Å². The van der Waals surface area contributed by atoms with E-state index in [2.05, 4.69) is 21.7 Å². The molecule has 1 fully saturated rings. The standard InChI is InChI=1S/C15H22FN3/c1-13(11-17-2)12-18-7-9-19(10-8-18)15-6-4-3-5-14(15)16/h3-6,17H,1,7-12H2,2H3. The number of anilines is 1. The summed E-state index contributed by atoms with van der Waals surface area (Å²) in [6.07, 6.45) is 0. The van der Waals surface area contributed by atoms with Crippen LogP contribution in [0.15, 0.2) is 36.4 Å². The van der Waals surface area contributed by atoms with Crippen LogP contribution in [0, 0.1) is 5.82 Å². The molecule has 4 heteroatoms. The molecule has 0 unspecified atom stereocenters. The van der Waals surface area contributed by atoms with Crippen LogP contribution in [0.25, 0.3) is 0 Å². The van der Waals surface area contributed by atoms with Crippen molar-refractivity contribution in [3.63, 3.8) is 0 Å². The molecule has 0 aliphatic carbocycles. The molecule has 1 aromatic carbocycles. The van der Waals surface area contributed by atoms with Gasteiger partial charge in [0.25, 0.3) is 0 Å². The maximum atomic E-state index is 13.7. The molecule has 1 aliphatic heterocycles. The lowest BCUT2D eigenvalue weighted by atomic mass is 10.2. The number of nitrogens with zero attached hydrogens (tertiary/aromatic N) is 2. The lowest BCUT2D eigenvalue weighted by molar-refractivity contribution is 0.276. The van der Waals surface area contributed by atoms with Gasteiger partial charge in [-0.15, -0.1) is 0 Å². The van der Waals surface area contributed by atoms with E-state index >= 15 is 0 Å². The lowest BCUT2D eigenvalue weighted by Crippen LogP contribution is -2.47. The minimum absolute atomic E-state index is 0.129. The fraction of sp³-hybridized carbons (Fsp3) is 0.467. The van der Waals surface area contributed by atoms with Crippen LogP contribution in [0.5, 0.6) is 0 Å². The van der Waals surface area contributed by atoms with Gasteiger partial charge in [0.05, 0.1) is 5.69 Å². The summed E-state index contributed by atoms with van der Waals surface area (Å²) in [6, 6.07) is 7.00. The van der Waals surface area contributed by atoms with Gasteiger partial charge < -0.3 is 10.2 Å². The van der Waals surface area contributed by atoms with Crippen molar-refractivity contribution in [3.05, 3.63) is 42.2 Å². The number of nitrogens with one attached hydrogen (secondary N) is 1. The number of para-hydroxylation sites is 1. The second kappa shape index (κ2) is 6.68. The van der Waals surface area contributed by atoms with E-state index in [0.29, 0.717) is 0 Å². The molecular weight excluding hydrogens is 241 g/mol. The van der Waals surface area contributed by atoms with Crippen molar-refractivity contribution in [2.75, 3.05) is 51.2 Å². The summed E-state index contributed by atoms with van der Waals surface area (Å²) in [5.41, 5.74) is 1.91. The van der Waals surface area contributed by atoms with Crippen molar-refractivity contribution in [3.8, 4) is 0 Å². The fourth-order valence-electron chi connectivity index (χ4n) is 2.48. The summed E-state index contributed by atoms with van der Waals surface area (Å²) in [5, 5.41) is 3.11. The van der Waals surface area contributed by atoms with Gasteiger partial charge >= 0.3 is 0 Å². The molecule has 3 nitrogen and oxygen atoms in total. The highest BCUT2D eigenvalue weighted by Crippen LogP contribution is 2.20. The first-order valence-corrected chi connectivity index (χ1v) is 6.74. The Hall–Kier alpha value is -1.39. The maximum absolute atomic E-state index is 13.7. The van der Waals surface area contributed by atoms with Crippen LogP contribution in [-0.4, -0.2) is 51.2 Å². The normalized spacial score (nSPS) is 16.6. The number of likely N-dealkylation sites (N-methyl/N-ethyl adjacent to an activating group) is 1. The average Bonchev–Trinajstić information content (AvgIpc) is 2.41. The van der Waals surface area contributed by atoms with E-state index in [9.17, 15) is 4.39 Å². The Morgan fingerprint density at radius 1 is 1.26 bits per heavy atom. The van der Waals surface area contributed by atoms with E-state index in [1.807, 2.05) is 19.2 Å². The van der Waals surface area contributed by atoms with E-state index < -0.39 is 0 Å². The summed E-state index contributed by atoms with van der Waals surface area (Å²) in [6.45, 7) is 9.48. The number of halogens is 1. The molecule has 2 rings (SSSR count). The van der Waals surface area contributed by atoms with E-state index in [0.717, 1.165) is 45.0 Å². The van der Waals surface area contributed by atoms with Gasteiger partial charge in [0.15, 0.2) is 0 Å². The molecule has 1 heterocycles. The lowest BCUT2D eigenvalue weighted by Gasteiger charge is -2.36. The van der Waals surface area contributed by atoms with Crippen LogP contribution < -0.4 is 10.2 Å². The number of hydrogen-bond donors (Lipinski definition) is 1. The molecule has 0 aromatic heterocycles. The number of hydrogen-bond acceptors (Lipinski definition) is 3. The Labute approximate surface area is 114 Å². The van der Waals surface area contributed by atoms with Crippen LogP contribution in [-0.2, 0) is 0 Å². The van der Waals surface area contributed by atoms with Gasteiger partial charge in [-0.2, -0.15) is 0 Å². The minimum atomic E-state index is -0.129. The predicted molar refractivity (Wildman–Crippen MR) is 78.1 cm³/mol. The zero-order chi connectivity index (χ0) is 13.7. The number of piperazine rings is 1. The summed E-state index contributed by atoms with van der Waals surface area (Å²) < 4.78 is 13.7. The SMILES string of the molecule is C=C(CNC)CN1CCN(c2ccccc2F)CC1. The monoisotopic (exact) mass is 263 g/mol. The second-order valence-electron chi connectivity index (χ2n) is 4.99. The fourth-order valence-corrected chi connectivity index (χ4v) is 2.48. The van der Waals surface area contributed by atoms with E-state index in [1.165, 1.54) is 11.6 Å². The van der Waals surface area contributed by atoms with Crippen molar-refractivity contribution < 1.29 is 4.39 Å². The Morgan fingerprint density at radius 3 is 2.58 bits per heavy atom. The van der Waals surface area contributed by atoms with Gasteiger partial charge in [0, 0.05) is 39.3 Å². The van der Waals surface area contributed by atoms with Crippen LogP contribution in [0.1, 0.15) is 0 Å². The minimum Gasteiger partial charge on any atom is -0.367 e. The Bertz CT molecular complexity index is 425. The molecule has 0 radical (unpaired) electrons. The molecule has 1 aliphatic rings. The summed E-state index contributed by atoms with van der Waals surface area (Å²) >= 11 is 0. The van der Waals surface area contributed by atoms with Crippen molar-refractivity contribution >= 4 is 5.69 Å². The zero-order valence-corrected chi connectivity index (χ0v) is 11.5. The maximum Gasteiger partial charge on any atom is 0.146 e. The Morgan fingerprint density at radius 2 is 1.95 bits per heavy atom. The average molecular weight is 263 g/mol. The molecule has 0 saturated carbocycles. The molecule has 0 bridgehead atoms. The van der Waals surface area contributed by atoms with Gasteiger partial charge in [-0.1, -0.05) is 18.7 Å². The van der Waals surface area contributed by atoms with Crippen LogP contribution in [0.3, 0.4) is 0 Å². The van der Waals surface area contributed by atoms with Crippen molar-refractivity contribution in [1.82, 2.24) is 10.2 Å². The highest BCUT2D eigenvalue weighted by Gasteiger charge is 2.19. The van der Waals surface area contributed by atoms with Gasteiger partial charge in [-0.25, -0.2) is 4.39 Å². The van der Waals surface area contributed by atoms with E-state index in [-0.39, 0.29) is 5.82 Å². The number of rotatable bonds is 5. The molecule has 1 N–H and O–H groups in total. The highest BCUT2D eigenvalue weighted by atomic mass is 19.1. The summed E-state index contributed by atoms with van der Waals surface area (Å²) in [5.74, 6) is -0.129. The molecule has 0 amide bonds. The molecule has 0 spiro atoms. The second-order valence-corrected chi connectivity index (χ2v) is 4.99. The molecule has 1 saturated heterocycles. The van der Waals surface area contributed by atoms with Crippen LogP contribution >= 0.6 is 0 Å². The molecule has 104 valence electrons. The van der Waals surface area contributed by atoms with Gasteiger partial charge in [-0.3, -0.25) is 4.90 Å². The first-order valence-electron chi connectivity index (χ1n) is 6.74. The third-order valence-electron chi connectivity index (χ3n) is 3.44. The predicted octanol–water partition coefficient (Wildman–Crippen LogP) is 1.72. The third kappa shape index (κ3) is 3.78. The first-order chi connectivity index (χ1) is 9.20. The van der Waals surface area contributed by atoms with Crippen molar-refractivity contribution in [1.29, 1.82) is 0 Å². The van der Waals surface area contributed by atoms with Gasteiger partial charge in [-0.05, 0) is 24.8 Å². The molecule has 1 aromatic rings. The number of benzene rings is 1. The Kier molecular flexibility index (Phi) is 4.93. The highest BCUT2D eigenvalue weighted by molar-refractivity contribution is 5.48. The molecule has 0 atom stereocenters. The van der Waals surface area contributed by atoms with Crippen molar-refractivity contribution in [2.24, 2.45) is 0 Å². The zero-order valence-electron chi connectivity index (χ0n) is 11.5. The molecule has 19 heavy (non-hydrogen) atoms. The van der Waals surface area contributed by atoms with E-state index in [4.69, 9.17) is 0 Å². The third-order valence-corrected chi connectivity index (χ3v) is 3.44. The molecular formula is C15H22FN3. The topological polar surface area (TPSA) is 18.5 Å². The quantitative estimate of drug-likeness (QED) is 0.816. The van der Waals surface area contributed by atoms with Crippen LogP contribution in [0.2, 0.25) is 0 Å². The van der Waals surface area contributed by atoms with Crippen molar-refractivity contribution in [2.45, 2.75) is 0 Å². The Balaban J connectivity index is 1.86. The summed E-state index contributed by atoms with van der Waals surface area (Å²) in [4.78, 5) is 4.49. The summed E-state index contributed by atoms with van der Waals surface area (Å²) in [7, 11) is 1.93. The van der Waals surface area contributed by atoms with Crippen LogP contribution in [0.4, 0.5) is 10.1 Å². The van der Waals surface area contributed by atoms with Gasteiger partial charge in [0.1, 0.15) is 5.82 Å². The van der Waals surface area contributed by atoms with E-state index in [1.54, 1.807) is 6.07 Å². The smallest absolute Gasteiger partial charge is 0.146 e. The first kappa shape index (κ1) is 14.0.